The minimum Gasteiger partial charge on any atom is -0.393 e. The van der Waals surface area contributed by atoms with Crippen LogP contribution in [0.25, 0.3) is 0 Å². The summed E-state index contributed by atoms with van der Waals surface area (Å²) in [5.74, 6) is -0.484. The van der Waals surface area contributed by atoms with Crippen LogP contribution in [0.1, 0.15) is 32.1 Å². The Morgan fingerprint density at radius 1 is 1.06 bits per heavy atom. The maximum absolute atomic E-state index is 12.5. The van der Waals surface area contributed by atoms with E-state index in [1.54, 1.807) is 0 Å². The van der Waals surface area contributed by atoms with Crippen LogP contribution < -0.4 is 5.32 Å². The number of carbonyl (C=O) groups excluding carboxylic acids is 1. The van der Waals surface area contributed by atoms with Crippen molar-refractivity contribution in [3.05, 3.63) is 0 Å². The molecule has 0 aromatic rings. The molecular formula is C13H21NO4. The fourth-order valence-electron chi connectivity index (χ4n) is 4.00. The summed E-state index contributed by atoms with van der Waals surface area (Å²) in [5, 5.41) is 33.0. The molecule has 4 N–H and O–H groups in total. The van der Waals surface area contributed by atoms with Crippen LogP contribution in [0.5, 0.6) is 0 Å². The largest absolute Gasteiger partial charge is 0.393 e. The summed E-state index contributed by atoms with van der Waals surface area (Å²) in [7, 11) is 0. The van der Waals surface area contributed by atoms with Gasteiger partial charge in [-0.15, -0.1) is 0 Å². The predicted molar refractivity (Wildman–Crippen MR) is 63.8 cm³/mol. The van der Waals surface area contributed by atoms with E-state index in [0.717, 1.165) is 19.3 Å². The van der Waals surface area contributed by atoms with Gasteiger partial charge in [-0.2, -0.15) is 0 Å². The molecule has 3 aliphatic rings. The molecule has 18 heavy (non-hydrogen) atoms. The lowest BCUT2D eigenvalue weighted by molar-refractivity contribution is -0.146. The Morgan fingerprint density at radius 3 is 2.61 bits per heavy atom. The Bertz CT molecular complexity index is 348. The Labute approximate surface area is 106 Å². The van der Waals surface area contributed by atoms with Crippen LogP contribution in [0, 0.1) is 11.8 Å². The summed E-state index contributed by atoms with van der Waals surface area (Å²) < 4.78 is 0. The van der Waals surface area contributed by atoms with Crippen molar-refractivity contribution in [2.24, 2.45) is 11.8 Å². The zero-order chi connectivity index (χ0) is 12.9. The topological polar surface area (TPSA) is 89.8 Å². The van der Waals surface area contributed by atoms with E-state index in [1.807, 2.05) is 0 Å². The third kappa shape index (κ3) is 1.90. The second kappa shape index (κ2) is 4.56. The molecule has 7 unspecified atom stereocenters. The molecule has 0 aromatic heterocycles. The number of piperidine rings is 1. The van der Waals surface area contributed by atoms with Gasteiger partial charge in [-0.25, -0.2) is 0 Å². The molecule has 7 atom stereocenters. The lowest BCUT2D eigenvalue weighted by Gasteiger charge is -2.49. The number of ketones is 1. The number of fused-ring (bicyclic) bond motifs is 2. The summed E-state index contributed by atoms with van der Waals surface area (Å²) in [6.45, 7) is 0. The Morgan fingerprint density at radius 2 is 1.83 bits per heavy atom. The summed E-state index contributed by atoms with van der Waals surface area (Å²) in [5.41, 5.74) is 0. The molecule has 3 rings (SSSR count). The van der Waals surface area contributed by atoms with Crippen molar-refractivity contribution in [3.8, 4) is 0 Å². The molecule has 5 heteroatoms. The summed E-state index contributed by atoms with van der Waals surface area (Å²) in [6, 6.07) is -0.379. The van der Waals surface area contributed by atoms with Crippen molar-refractivity contribution in [2.75, 3.05) is 0 Å². The third-order valence-corrected chi connectivity index (χ3v) is 4.85. The number of aliphatic hydroxyl groups excluding tert-OH is 3. The predicted octanol–water partition coefficient (Wildman–Crippen LogP) is -0.811. The Balaban J connectivity index is 1.84. The number of nitrogens with one attached hydrogen (secondary N) is 1. The highest BCUT2D eigenvalue weighted by atomic mass is 16.3. The van der Waals surface area contributed by atoms with Crippen LogP contribution in [-0.4, -0.2) is 51.5 Å². The molecule has 1 saturated heterocycles. The number of hydrogen-bond acceptors (Lipinski definition) is 5. The van der Waals surface area contributed by atoms with Gasteiger partial charge < -0.3 is 20.6 Å². The van der Waals surface area contributed by atoms with Crippen LogP contribution in [0.2, 0.25) is 0 Å². The zero-order valence-electron chi connectivity index (χ0n) is 10.3. The van der Waals surface area contributed by atoms with Gasteiger partial charge in [0.2, 0.25) is 0 Å². The van der Waals surface area contributed by atoms with Crippen LogP contribution in [0.4, 0.5) is 0 Å². The average molecular weight is 255 g/mol. The normalized spacial score (nSPS) is 52.6. The quantitative estimate of drug-likeness (QED) is 0.454. The molecule has 1 heterocycles. The van der Waals surface area contributed by atoms with Gasteiger partial charge >= 0.3 is 0 Å². The molecule has 2 saturated carbocycles. The molecule has 0 amide bonds. The van der Waals surface area contributed by atoms with E-state index in [2.05, 4.69) is 5.32 Å². The highest BCUT2D eigenvalue weighted by molar-refractivity contribution is 5.86. The summed E-state index contributed by atoms with van der Waals surface area (Å²) in [6.07, 6.45) is 1.38. The molecular weight excluding hydrogens is 234 g/mol. The minimum absolute atomic E-state index is 0.0851. The van der Waals surface area contributed by atoms with Crippen LogP contribution >= 0.6 is 0 Å². The van der Waals surface area contributed by atoms with E-state index >= 15 is 0 Å². The van der Waals surface area contributed by atoms with E-state index < -0.39 is 24.2 Å². The SMILES string of the molecule is O=C1C2CCCC(O)C2NC2CC(O)CC(O)C12. The summed E-state index contributed by atoms with van der Waals surface area (Å²) in [4.78, 5) is 12.5. The maximum atomic E-state index is 12.5. The molecule has 0 radical (unpaired) electrons. The number of aliphatic hydroxyl groups is 3. The number of rotatable bonds is 0. The van der Waals surface area contributed by atoms with Crippen molar-refractivity contribution in [1.29, 1.82) is 0 Å². The highest BCUT2D eigenvalue weighted by Crippen LogP contribution is 2.38. The van der Waals surface area contributed by atoms with E-state index in [4.69, 9.17) is 0 Å². The fraction of sp³-hybridized carbons (Fsp3) is 0.923. The molecule has 0 aromatic carbocycles. The molecule has 0 bridgehead atoms. The van der Waals surface area contributed by atoms with Gasteiger partial charge in [-0.1, -0.05) is 6.42 Å². The van der Waals surface area contributed by atoms with Gasteiger partial charge in [-0.05, 0) is 19.3 Å². The number of Topliss-reactive ketones (excluding diaryl/α,β-unsaturated/α-hetero) is 1. The molecule has 1 aliphatic heterocycles. The van der Waals surface area contributed by atoms with Crippen molar-refractivity contribution in [2.45, 2.75) is 62.5 Å². The molecule has 5 nitrogen and oxygen atoms in total. The molecule has 2 aliphatic carbocycles. The van der Waals surface area contributed by atoms with Crippen molar-refractivity contribution < 1.29 is 20.1 Å². The van der Waals surface area contributed by atoms with Crippen LogP contribution in [0.15, 0.2) is 0 Å². The van der Waals surface area contributed by atoms with Gasteiger partial charge in [0.15, 0.2) is 0 Å². The summed E-state index contributed by atoms with van der Waals surface area (Å²) >= 11 is 0. The third-order valence-electron chi connectivity index (χ3n) is 4.85. The number of hydrogen-bond donors (Lipinski definition) is 4. The smallest absolute Gasteiger partial charge is 0.144 e. The van der Waals surface area contributed by atoms with Crippen LogP contribution in [-0.2, 0) is 4.79 Å². The monoisotopic (exact) mass is 255 g/mol. The molecule has 0 spiro atoms. The zero-order valence-corrected chi connectivity index (χ0v) is 10.3. The van der Waals surface area contributed by atoms with Gasteiger partial charge in [-0.3, -0.25) is 4.79 Å². The average Bonchev–Trinajstić information content (AvgIpc) is 2.30. The fourth-order valence-corrected chi connectivity index (χ4v) is 4.00. The van der Waals surface area contributed by atoms with Gasteiger partial charge in [0.05, 0.1) is 24.2 Å². The van der Waals surface area contributed by atoms with Gasteiger partial charge in [0.1, 0.15) is 5.78 Å². The first-order valence-electron chi connectivity index (χ1n) is 6.92. The number of carbonyl (C=O) groups is 1. The van der Waals surface area contributed by atoms with Crippen LogP contribution in [0.3, 0.4) is 0 Å². The van der Waals surface area contributed by atoms with E-state index in [1.165, 1.54) is 0 Å². The molecule has 3 fully saturated rings. The van der Waals surface area contributed by atoms with Crippen molar-refractivity contribution >= 4 is 5.78 Å². The second-order valence-electron chi connectivity index (χ2n) is 6.02. The highest BCUT2D eigenvalue weighted by Gasteiger charge is 2.51. The Kier molecular flexibility index (Phi) is 3.18. The standard InChI is InChI=1S/C13H21NO4/c15-6-4-8-11(10(17)5-6)13(18)7-2-1-3-9(16)12(7)14-8/h6-12,14-17H,1-5H2. The second-order valence-corrected chi connectivity index (χ2v) is 6.02. The van der Waals surface area contributed by atoms with Crippen molar-refractivity contribution in [3.63, 3.8) is 0 Å². The lowest BCUT2D eigenvalue weighted by Crippen LogP contribution is -2.66. The lowest BCUT2D eigenvalue weighted by atomic mass is 9.66. The first-order valence-corrected chi connectivity index (χ1v) is 6.92. The Hall–Kier alpha value is -0.490. The van der Waals surface area contributed by atoms with E-state index in [0.29, 0.717) is 6.42 Å². The minimum atomic E-state index is -0.751. The van der Waals surface area contributed by atoms with Gasteiger partial charge in [0.25, 0.3) is 0 Å². The van der Waals surface area contributed by atoms with E-state index in [9.17, 15) is 20.1 Å². The van der Waals surface area contributed by atoms with Crippen molar-refractivity contribution in [1.82, 2.24) is 5.32 Å². The maximum Gasteiger partial charge on any atom is 0.144 e. The van der Waals surface area contributed by atoms with E-state index in [-0.39, 0.29) is 30.2 Å². The first-order chi connectivity index (χ1) is 8.58. The first kappa shape index (κ1) is 12.5. The molecule has 102 valence electrons. The van der Waals surface area contributed by atoms with Gasteiger partial charge in [0, 0.05) is 24.4 Å².